The molecule has 3 nitrogen and oxygen atoms in total. The first-order chi connectivity index (χ1) is 6.20. The summed E-state index contributed by atoms with van der Waals surface area (Å²) in [5, 5.41) is 9.23. The zero-order valence-electron chi connectivity index (χ0n) is 7.60. The molecule has 0 aliphatic carbocycles. The largest absolute Gasteiger partial charge is 0.496 e. The zero-order chi connectivity index (χ0) is 9.84. The smallest absolute Gasteiger partial charge is 0.127 e. The van der Waals surface area contributed by atoms with Crippen LogP contribution in [0.2, 0.25) is 5.02 Å². The van der Waals surface area contributed by atoms with E-state index in [1.807, 2.05) is 13.0 Å². The summed E-state index contributed by atoms with van der Waals surface area (Å²) in [4.78, 5) is 0. The molecule has 0 amide bonds. The number of hydrogen-bond donors (Lipinski definition) is 2. The monoisotopic (exact) mass is 201 g/mol. The van der Waals surface area contributed by atoms with E-state index in [1.165, 1.54) is 0 Å². The Labute approximate surface area is 82.2 Å². The fourth-order valence-corrected chi connectivity index (χ4v) is 1.38. The Hall–Kier alpha value is -0.770. The van der Waals surface area contributed by atoms with Crippen molar-refractivity contribution in [3.05, 3.63) is 28.3 Å². The molecule has 0 bridgehead atoms. The van der Waals surface area contributed by atoms with Gasteiger partial charge in [-0.2, -0.15) is 0 Å². The van der Waals surface area contributed by atoms with Crippen LogP contribution in [0.25, 0.3) is 0 Å². The Morgan fingerprint density at radius 2 is 2.23 bits per heavy atom. The molecule has 13 heavy (non-hydrogen) atoms. The standard InChI is InChI=1S/C9H12ClNO2/c1-6-8(10)4-3-7(5-11-12)9(6)13-2/h3-4,11-12H,5H2,1-2H3. The Kier molecular flexibility index (Phi) is 3.54. The summed E-state index contributed by atoms with van der Waals surface area (Å²) >= 11 is 5.90. The average Bonchev–Trinajstić information content (AvgIpc) is 2.12. The molecule has 0 aliphatic heterocycles. The van der Waals surface area contributed by atoms with Gasteiger partial charge in [0, 0.05) is 22.7 Å². The first-order valence-corrected chi connectivity index (χ1v) is 4.27. The lowest BCUT2D eigenvalue weighted by Gasteiger charge is -2.11. The van der Waals surface area contributed by atoms with Crippen LogP contribution in [0.4, 0.5) is 0 Å². The summed E-state index contributed by atoms with van der Waals surface area (Å²) < 4.78 is 5.17. The van der Waals surface area contributed by atoms with Crippen molar-refractivity contribution in [1.82, 2.24) is 5.48 Å². The molecule has 1 rings (SSSR count). The molecule has 0 saturated carbocycles. The Morgan fingerprint density at radius 1 is 1.54 bits per heavy atom. The molecular weight excluding hydrogens is 190 g/mol. The molecule has 0 fully saturated rings. The lowest BCUT2D eigenvalue weighted by atomic mass is 10.1. The van der Waals surface area contributed by atoms with Gasteiger partial charge in [0.2, 0.25) is 0 Å². The third-order valence-electron chi connectivity index (χ3n) is 1.89. The van der Waals surface area contributed by atoms with Crippen LogP contribution in [0, 0.1) is 6.92 Å². The van der Waals surface area contributed by atoms with Gasteiger partial charge in [0.25, 0.3) is 0 Å². The number of benzene rings is 1. The van der Waals surface area contributed by atoms with E-state index in [1.54, 1.807) is 13.2 Å². The quantitative estimate of drug-likeness (QED) is 0.737. The normalized spacial score (nSPS) is 10.2. The summed E-state index contributed by atoms with van der Waals surface area (Å²) in [6, 6.07) is 3.60. The van der Waals surface area contributed by atoms with E-state index in [9.17, 15) is 0 Å². The molecule has 0 saturated heterocycles. The van der Waals surface area contributed by atoms with Gasteiger partial charge in [-0.1, -0.05) is 17.7 Å². The van der Waals surface area contributed by atoms with Crippen molar-refractivity contribution in [3.63, 3.8) is 0 Å². The first kappa shape index (κ1) is 10.3. The van der Waals surface area contributed by atoms with Gasteiger partial charge in [-0.15, -0.1) is 0 Å². The summed E-state index contributed by atoms with van der Waals surface area (Å²) in [7, 11) is 1.58. The molecule has 0 spiro atoms. The molecule has 0 heterocycles. The highest BCUT2D eigenvalue weighted by atomic mass is 35.5. The van der Waals surface area contributed by atoms with Crippen molar-refractivity contribution in [2.75, 3.05) is 7.11 Å². The molecule has 0 radical (unpaired) electrons. The maximum Gasteiger partial charge on any atom is 0.127 e. The number of rotatable bonds is 3. The van der Waals surface area contributed by atoms with E-state index in [-0.39, 0.29) is 0 Å². The van der Waals surface area contributed by atoms with Gasteiger partial charge in [-0.3, -0.25) is 0 Å². The van der Waals surface area contributed by atoms with Gasteiger partial charge in [-0.25, -0.2) is 5.48 Å². The topological polar surface area (TPSA) is 41.5 Å². The SMILES string of the molecule is COc1c(CNO)ccc(Cl)c1C. The lowest BCUT2D eigenvalue weighted by Crippen LogP contribution is -2.08. The number of hydroxylamine groups is 1. The number of nitrogens with one attached hydrogen (secondary N) is 1. The maximum absolute atomic E-state index is 8.56. The van der Waals surface area contributed by atoms with Crippen LogP contribution in [-0.4, -0.2) is 12.3 Å². The van der Waals surface area contributed by atoms with Gasteiger partial charge < -0.3 is 9.94 Å². The number of halogens is 1. The van der Waals surface area contributed by atoms with Crippen molar-refractivity contribution >= 4 is 11.6 Å². The summed E-state index contributed by atoms with van der Waals surface area (Å²) in [5.74, 6) is 0.717. The summed E-state index contributed by atoms with van der Waals surface area (Å²) in [6.45, 7) is 2.23. The van der Waals surface area contributed by atoms with Crippen molar-refractivity contribution in [2.45, 2.75) is 13.5 Å². The van der Waals surface area contributed by atoms with Crippen molar-refractivity contribution in [2.24, 2.45) is 0 Å². The molecule has 0 aromatic heterocycles. The van der Waals surface area contributed by atoms with E-state index >= 15 is 0 Å². The molecule has 72 valence electrons. The van der Waals surface area contributed by atoms with Gasteiger partial charge in [0.05, 0.1) is 7.11 Å². The number of ether oxygens (including phenoxy) is 1. The number of methoxy groups -OCH3 is 1. The third kappa shape index (κ3) is 2.12. The molecule has 0 atom stereocenters. The van der Waals surface area contributed by atoms with Crippen molar-refractivity contribution in [3.8, 4) is 5.75 Å². The molecule has 0 aliphatic rings. The van der Waals surface area contributed by atoms with Crippen LogP contribution in [0.1, 0.15) is 11.1 Å². The summed E-state index contributed by atoms with van der Waals surface area (Å²) in [5.41, 5.74) is 3.85. The van der Waals surface area contributed by atoms with Crippen LogP contribution >= 0.6 is 11.6 Å². The fourth-order valence-electron chi connectivity index (χ4n) is 1.23. The van der Waals surface area contributed by atoms with Crippen LogP contribution < -0.4 is 10.2 Å². The van der Waals surface area contributed by atoms with Crippen LogP contribution in [0.5, 0.6) is 5.75 Å². The molecule has 4 heteroatoms. The fraction of sp³-hybridized carbons (Fsp3) is 0.333. The zero-order valence-corrected chi connectivity index (χ0v) is 8.35. The molecular formula is C9H12ClNO2. The van der Waals surface area contributed by atoms with Crippen LogP contribution in [-0.2, 0) is 6.54 Å². The second-order valence-electron chi connectivity index (χ2n) is 2.70. The van der Waals surface area contributed by atoms with Crippen LogP contribution in [0.3, 0.4) is 0 Å². The predicted octanol–water partition coefficient (Wildman–Crippen LogP) is 2.14. The third-order valence-corrected chi connectivity index (χ3v) is 2.30. The minimum Gasteiger partial charge on any atom is -0.496 e. The minimum absolute atomic E-state index is 0.348. The number of hydrogen-bond acceptors (Lipinski definition) is 3. The molecule has 2 N–H and O–H groups in total. The highest BCUT2D eigenvalue weighted by Crippen LogP contribution is 2.29. The van der Waals surface area contributed by atoms with E-state index in [0.29, 0.717) is 17.3 Å². The van der Waals surface area contributed by atoms with Gasteiger partial charge in [0.15, 0.2) is 0 Å². The molecule has 1 aromatic carbocycles. The van der Waals surface area contributed by atoms with Gasteiger partial charge >= 0.3 is 0 Å². The summed E-state index contributed by atoms with van der Waals surface area (Å²) in [6.07, 6.45) is 0. The van der Waals surface area contributed by atoms with Crippen molar-refractivity contribution < 1.29 is 9.94 Å². The molecule has 0 unspecified atom stereocenters. The van der Waals surface area contributed by atoms with Crippen LogP contribution in [0.15, 0.2) is 12.1 Å². The van der Waals surface area contributed by atoms with E-state index in [4.69, 9.17) is 21.5 Å². The highest BCUT2D eigenvalue weighted by molar-refractivity contribution is 6.31. The van der Waals surface area contributed by atoms with Gasteiger partial charge in [-0.05, 0) is 13.0 Å². The minimum atomic E-state index is 0.348. The van der Waals surface area contributed by atoms with E-state index < -0.39 is 0 Å². The first-order valence-electron chi connectivity index (χ1n) is 3.89. The highest BCUT2D eigenvalue weighted by Gasteiger charge is 2.08. The Bertz CT molecular complexity index is 302. The van der Waals surface area contributed by atoms with Gasteiger partial charge in [0.1, 0.15) is 5.75 Å². The van der Waals surface area contributed by atoms with Crippen molar-refractivity contribution in [1.29, 1.82) is 0 Å². The second-order valence-corrected chi connectivity index (χ2v) is 3.11. The maximum atomic E-state index is 8.56. The second kappa shape index (κ2) is 4.46. The predicted molar refractivity (Wildman–Crippen MR) is 51.4 cm³/mol. The average molecular weight is 202 g/mol. The van der Waals surface area contributed by atoms with E-state index in [2.05, 4.69) is 5.48 Å². The Balaban J connectivity index is 3.13. The Morgan fingerprint density at radius 3 is 2.77 bits per heavy atom. The lowest BCUT2D eigenvalue weighted by molar-refractivity contribution is 0.160. The van der Waals surface area contributed by atoms with E-state index in [0.717, 1.165) is 11.1 Å². The molecule has 1 aromatic rings.